The Morgan fingerprint density at radius 2 is 1.73 bits per heavy atom. The molecule has 0 unspecified atom stereocenters. The van der Waals surface area contributed by atoms with Crippen molar-refractivity contribution < 1.29 is 30.8 Å². The number of piperidine rings is 1. The summed E-state index contributed by atoms with van der Waals surface area (Å²) in [5.74, 6) is -0.654. The van der Waals surface area contributed by atoms with Crippen molar-refractivity contribution in [1.29, 1.82) is 0 Å². The molecule has 0 saturated carbocycles. The second-order valence-corrected chi connectivity index (χ2v) is 10.3. The van der Waals surface area contributed by atoms with Gasteiger partial charge in [-0.05, 0) is 61.1 Å². The Bertz CT molecular complexity index is 1420. The van der Waals surface area contributed by atoms with Crippen LogP contribution in [0, 0.1) is 12.7 Å². The summed E-state index contributed by atoms with van der Waals surface area (Å²) >= 11 is 0. The molecule has 2 heterocycles. The van der Waals surface area contributed by atoms with Gasteiger partial charge in [-0.25, -0.2) is 22.9 Å². The molecular weight excluding hydrogens is 512 g/mol. The molecule has 4 rings (SSSR count). The Balaban J connectivity index is 1.62. The maximum absolute atomic E-state index is 13.4. The van der Waals surface area contributed by atoms with Crippen LogP contribution in [0.15, 0.2) is 59.8 Å². The number of sulfonamides is 1. The first-order valence-corrected chi connectivity index (χ1v) is 12.9. The Labute approximate surface area is 211 Å². The van der Waals surface area contributed by atoms with E-state index in [-0.39, 0.29) is 34.2 Å². The number of hydrogen-bond donors (Lipinski definition) is 2. The average molecular weight is 537 g/mol. The fraction of sp³-hybridized carbons (Fsp3) is 0.280. The van der Waals surface area contributed by atoms with Crippen molar-refractivity contribution >= 4 is 27.3 Å². The summed E-state index contributed by atoms with van der Waals surface area (Å²) in [6.45, 7) is 2.02. The number of primary sulfonamides is 1. The summed E-state index contributed by atoms with van der Waals surface area (Å²) in [5.41, 5.74) is -0.0199. The smallest absolute Gasteiger partial charge is 0.355 e. The number of benzene rings is 2. The number of alkyl halides is 3. The molecule has 2 aromatic carbocycles. The molecule has 0 atom stereocenters. The van der Waals surface area contributed by atoms with E-state index in [4.69, 9.17) is 5.14 Å². The number of nitrogens with one attached hydrogen (secondary N) is 1. The Hall–Kier alpha value is -3.51. The molecule has 0 aliphatic carbocycles. The standard InChI is InChI=1S/C25H24F4N4O3S/c1-15-20(25(27,28)29)3-2-4-21(15)32-22-13-23(37(30,35)36)31-14-19(22)24(34)33-11-9-17(10-12-33)16-5-7-18(26)8-6-16/h2-8,13-14,17H,9-12H2,1H3,(H,31,32)(H2,30,35,36). The Morgan fingerprint density at radius 3 is 2.32 bits per heavy atom. The molecule has 196 valence electrons. The van der Waals surface area contributed by atoms with E-state index in [9.17, 15) is 30.8 Å². The van der Waals surface area contributed by atoms with E-state index in [1.54, 1.807) is 17.0 Å². The lowest BCUT2D eigenvalue weighted by atomic mass is 9.89. The number of carbonyl (C=O) groups is 1. The second-order valence-electron chi connectivity index (χ2n) is 8.83. The quantitative estimate of drug-likeness (QED) is 0.449. The van der Waals surface area contributed by atoms with Gasteiger partial charge in [0.2, 0.25) is 0 Å². The molecule has 7 nitrogen and oxygen atoms in total. The summed E-state index contributed by atoms with van der Waals surface area (Å²) < 4.78 is 77.2. The summed E-state index contributed by atoms with van der Waals surface area (Å²) in [4.78, 5) is 18.8. The number of likely N-dealkylation sites (tertiary alicyclic amines) is 1. The van der Waals surface area contributed by atoms with Crippen LogP contribution >= 0.6 is 0 Å². The van der Waals surface area contributed by atoms with Crippen LogP contribution in [0.5, 0.6) is 0 Å². The van der Waals surface area contributed by atoms with E-state index in [1.165, 1.54) is 31.2 Å². The van der Waals surface area contributed by atoms with Crippen molar-refractivity contribution in [1.82, 2.24) is 9.88 Å². The minimum Gasteiger partial charge on any atom is -0.355 e. The molecule has 1 amide bonds. The highest BCUT2D eigenvalue weighted by Gasteiger charge is 2.33. The first kappa shape index (κ1) is 26.6. The Kier molecular flexibility index (Phi) is 7.24. The molecule has 3 N–H and O–H groups in total. The fourth-order valence-electron chi connectivity index (χ4n) is 4.41. The summed E-state index contributed by atoms with van der Waals surface area (Å²) in [6.07, 6.45) is -2.30. The highest BCUT2D eigenvalue weighted by molar-refractivity contribution is 7.89. The molecule has 1 aromatic heterocycles. The number of amides is 1. The maximum Gasteiger partial charge on any atom is 0.416 e. The van der Waals surface area contributed by atoms with Gasteiger partial charge >= 0.3 is 6.18 Å². The third-order valence-electron chi connectivity index (χ3n) is 6.43. The van der Waals surface area contributed by atoms with Crippen LogP contribution in [0.3, 0.4) is 0 Å². The second kappa shape index (κ2) is 10.1. The van der Waals surface area contributed by atoms with Crippen LogP contribution in [0.2, 0.25) is 0 Å². The van der Waals surface area contributed by atoms with Crippen LogP contribution in [0.4, 0.5) is 28.9 Å². The number of anilines is 2. The van der Waals surface area contributed by atoms with Gasteiger partial charge in [0.05, 0.1) is 16.8 Å². The zero-order chi connectivity index (χ0) is 27.0. The lowest BCUT2D eigenvalue weighted by molar-refractivity contribution is -0.138. The topological polar surface area (TPSA) is 105 Å². The van der Waals surface area contributed by atoms with Gasteiger partial charge < -0.3 is 10.2 Å². The molecular formula is C25H24F4N4O3S. The minimum absolute atomic E-state index is 0.00977. The largest absolute Gasteiger partial charge is 0.416 e. The number of pyridine rings is 1. The number of nitrogens with zero attached hydrogens (tertiary/aromatic N) is 2. The van der Waals surface area contributed by atoms with Crippen LogP contribution in [-0.4, -0.2) is 37.3 Å². The highest BCUT2D eigenvalue weighted by Crippen LogP contribution is 2.36. The van der Waals surface area contributed by atoms with E-state index in [0.29, 0.717) is 25.9 Å². The number of aromatic nitrogens is 1. The van der Waals surface area contributed by atoms with Crippen molar-refractivity contribution in [3.63, 3.8) is 0 Å². The van der Waals surface area contributed by atoms with Gasteiger partial charge in [0.25, 0.3) is 15.9 Å². The van der Waals surface area contributed by atoms with Gasteiger partial charge in [-0.15, -0.1) is 0 Å². The van der Waals surface area contributed by atoms with E-state index >= 15 is 0 Å². The molecule has 37 heavy (non-hydrogen) atoms. The SMILES string of the molecule is Cc1c(Nc2cc(S(N)(=O)=O)ncc2C(=O)N2CCC(c3ccc(F)cc3)CC2)cccc1C(F)(F)F. The van der Waals surface area contributed by atoms with Crippen LogP contribution in [0.25, 0.3) is 0 Å². The number of nitrogens with two attached hydrogens (primary N) is 1. The molecule has 0 bridgehead atoms. The third-order valence-corrected chi connectivity index (χ3v) is 7.24. The van der Waals surface area contributed by atoms with E-state index in [2.05, 4.69) is 10.3 Å². The lowest BCUT2D eigenvalue weighted by Gasteiger charge is -2.32. The molecule has 12 heteroatoms. The lowest BCUT2D eigenvalue weighted by Crippen LogP contribution is -2.38. The van der Waals surface area contributed by atoms with Gasteiger partial charge in [0.15, 0.2) is 5.03 Å². The van der Waals surface area contributed by atoms with Crippen molar-refractivity contribution in [3.8, 4) is 0 Å². The monoisotopic (exact) mass is 536 g/mol. The molecule has 1 fully saturated rings. The normalized spacial score (nSPS) is 15.0. The molecule has 1 aliphatic heterocycles. The maximum atomic E-state index is 13.4. The highest BCUT2D eigenvalue weighted by atomic mass is 32.2. The number of hydrogen-bond acceptors (Lipinski definition) is 5. The van der Waals surface area contributed by atoms with Gasteiger partial charge in [-0.3, -0.25) is 4.79 Å². The molecule has 0 spiro atoms. The van der Waals surface area contributed by atoms with E-state index in [0.717, 1.165) is 23.9 Å². The van der Waals surface area contributed by atoms with Crippen LogP contribution in [-0.2, 0) is 16.2 Å². The van der Waals surface area contributed by atoms with Crippen molar-refractivity contribution in [3.05, 3.63) is 82.8 Å². The van der Waals surface area contributed by atoms with Gasteiger partial charge in [-0.2, -0.15) is 13.2 Å². The fourth-order valence-corrected chi connectivity index (χ4v) is 4.89. The number of rotatable bonds is 5. The average Bonchev–Trinajstić information content (AvgIpc) is 2.84. The molecule has 0 radical (unpaired) electrons. The van der Waals surface area contributed by atoms with Crippen LogP contribution in [0.1, 0.15) is 45.8 Å². The number of halogens is 4. The van der Waals surface area contributed by atoms with E-state index < -0.39 is 32.7 Å². The van der Waals surface area contributed by atoms with Crippen molar-refractivity contribution in [2.45, 2.75) is 36.9 Å². The third kappa shape index (κ3) is 5.91. The predicted octanol–water partition coefficient (Wildman–Crippen LogP) is 4.96. The summed E-state index contributed by atoms with van der Waals surface area (Å²) in [5, 5.41) is 7.44. The van der Waals surface area contributed by atoms with Crippen molar-refractivity contribution in [2.75, 3.05) is 18.4 Å². The first-order chi connectivity index (χ1) is 17.3. The zero-order valence-corrected chi connectivity index (χ0v) is 20.5. The zero-order valence-electron chi connectivity index (χ0n) is 19.7. The molecule has 1 saturated heterocycles. The summed E-state index contributed by atoms with van der Waals surface area (Å²) in [6, 6.07) is 10.8. The van der Waals surface area contributed by atoms with Crippen LogP contribution < -0.4 is 10.5 Å². The summed E-state index contributed by atoms with van der Waals surface area (Å²) in [7, 11) is -4.25. The minimum atomic E-state index is -4.60. The Morgan fingerprint density at radius 1 is 1.08 bits per heavy atom. The van der Waals surface area contributed by atoms with Gasteiger partial charge in [0, 0.05) is 31.0 Å². The molecule has 1 aliphatic rings. The predicted molar refractivity (Wildman–Crippen MR) is 129 cm³/mol. The molecule has 3 aromatic rings. The van der Waals surface area contributed by atoms with Gasteiger partial charge in [-0.1, -0.05) is 18.2 Å². The van der Waals surface area contributed by atoms with Crippen molar-refractivity contribution in [2.24, 2.45) is 5.14 Å². The number of carbonyl (C=O) groups excluding carboxylic acids is 1. The first-order valence-electron chi connectivity index (χ1n) is 11.4. The van der Waals surface area contributed by atoms with Gasteiger partial charge in [0.1, 0.15) is 5.82 Å². The van der Waals surface area contributed by atoms with E-state index in [1.807, 2.05) is 0 Å².